The molecule has 8 heteroatoms. The van der Waals surface area contributed by atoms with Gasteiger partial charge < -0.3 is 14.8 Å². The third-order valence-electron chi connectivity index (χ3n) is 5.46. The Hall–Kier alpha value is -3.26. The van der Waals surface area contributed by atoms with Crippen molar-refractivity contribution in [2.24, 2.45) is 0 Å². The summed E-state index contributed by atoms with van der Waals surface area (Å²) in [7, 11) is 0. The van der Waals surface area contributed by atoms with Crippen LogP contribution in [0.2, 0.25) is 0 Å². The number of nitrogens with zero attached hydrogens (tertiary/aromatic N) is 3. The normalized spacial score (nSPS) is 15.1. The van der Waals surface area contributed by atoms with Crippen LogP contribution in [-0.4, -0.2) is 45.7 Å². The lowest BCUT2D eigenvalue weighted by Gasteiger charge is -2.26. The van der Waals surface area contributed by atoms with E-state index in [2.05, 4.69) is 67.1 Å². The van der Waals surface area contributed by atoms with Crippen LogP contribution in [0.3, 0.4) is 0 Å². The fraction of sp³-hybridized carbons (Fsp3) is 0.346. The Morgan fingerprint density at radius 1 is 1.18 bits per heavy atom. The number of nitrogens with one attached hydrogen (secondary N) is 1. The minimum absolute atomic E-state index is 0.0832. The van der Waals surface area contributed by atoms with E-state index in [0.717, 1.165) is 17.1 Å². The largest absolute Gasteiger partial charge is 0.486 e. The maximum absolute atomic E-state index is 12.5. The number of para-hydroxylation sites is 2. The van der Waals surface area contributed by atoms with Crippen LogP contribution in [0.5, 0.6) is 11.5 Å². The van der Waals surface area contributed by atoms with E-state index >= 15 is 0 Å². The van der Waals surface area contributed by atoms with Gasteiger partial charge in [0.1, 0.15) is 12.7 Å². The van der Waals surface area contributed by atoms with Crippen LogP contribution in [0.4, 0.5) is 0 Å². The lowest BCUT2D eigenvalue weighted by Crippen LogP contribution is -2.41. The number of ether oxygens (including phenoxy) is 2. The van der Waals surface area contributed by atoms with Crippen LogP contribution >= 0.6 is 11.8 Å². The second kappa shape index (κ2) is 10.3. The number of allylic oxidation sites excluding steroid dienone is 1. The number of carbonyl (C=O) groups excluding carboxylic acids is 1. The predicted octanol–water partition coefficient (Wildman–Crippen LogP) is 4.48. The van der Waals surface area contributed by atoms with Crippen molar-refractivity contribution < 1.29 is 14.3 Å². The Labute approximate surface area is 204 Å². The quantitative estimate of drug-likeness (QED) is 0.380. The molecule has 178 valence electrons. The molecule has 3 aromatic rings. The minimum Gasteiger partial charge on any atom is -0.486 e. The minimum atomic E-state index is -0.226. The number of aromatic nitrogens is 3. The van der Waals surface area contributed by atoms with E-state index in [4.69, 9.17) is 9.47 Å². The molecule has 0 radical (unpaired) electrons. The SMILES string of the molecule is C=CCn1c(SCC(=O)NCC2COc3ccccc3O2)nnc1-c1ccc(C(C)(C)C)cc1. The van der Waals surface area contributed by atoms with Crippen molar-refractivity contribution >= 4 is 17.7 Å². The second-order valence-corrected chi connectivity index (χ2v) is 10.1. The Balaban J connectivity index is 1.35. The molecule has 4 rings (SSSR count). The Kier molecular flexibility index (Phi) is 7.26. The van der Waals surface area contributed by atoms with E-state index in [1.165, 1.54) is 17.3 Å². The van der Waals surface area contributed by atoms with E-state index in [1.807, 2.05) is 28.8 Å². The van der Waals surface area contributed by atoms with E-state index in [1.54, 1.807) is 6.08 Å². The summed E-state index contributed by atoms with van der Waals surface area (Å²) in [6.45, 7) is 11.8. The topological polar surface area (TPSA) is 78.3 Å². The maximum Gasteiger partial charge on any atom is 0.230 e. The lowest BCUT2D eigenvalue weighted by molar-refractivity contribution is -0.119. The van der Waals surface area contributed by atoms with Gasteiger partial charge in [-0.3, -0.25) is 9.36 Å². The van der Waals surface area contributed by atoms with Crippen LogP contribution in [0.1, 0.15) is 26.3 Å². The molecular formula is C26H30N4O3S. The molecule has 0 spiro atoms. The van der Waals surface area contributed by atoms with Crippen molar-refractivity contribution in [3.8, 4) is 22.9 Å². The summed E-state index contributed by atoms with van der Waals surface area (Å²) >= 11 is 1.35. The molecule has 1 aliphatic heterocycles. The van der Waals surface area contributed by atoms with E-state index in [0.29, 0.717) is 30.6 Å². The van der Waals surface area contributed by atoms with Crippen LogP contribution in [0, 0.1) is 0 Å². The van der Waals surface area contributed by atoms with Crippen LogP contribution < -0.4 is 14.8 Å². The Morgan fingerprint density at radius 3 is 2.62 bits per heavy atom. The number of thioether (sulfide) groups is 1. The van der Waals surface area contributed by atoms with Crippen LogP contribution in [0.25, 0.3) is 11.4 Å². The lowest BCUT2D eigenvalue weighted by atomic mass is 9.87. The summed E-state index contributed by atoms with van der Waals surface area (Å²) in [6, 6.07) is 15.9. The highest BCUT2D eigenvalue weighted by Crippen LogP contribution is 2.31. The van der Waals surface area contributed by atoms with Gasteiger partial charge in [0.05, 0.1) is 12.3 Å². The fourth-order valence-corrected chi connectivity index (χ4v) is 4.37. The van der Waals surface area contributed by atoms with Crippen molar-refractivity contribution in [1.29, 1.82) is 0 Å². The van der Waals surface area contributed by atoms with E-state index < -0.39 is 0 Å². The van der Waals surface area contributed by atoms with Gasteiger partial charge in [-0.2, -0.15) is 0 Å². The highest BCUT2D eigenvalue weighted by atomic mass is 32.2. The van der Waals surface area contributed by atoms with Crippen molar-refractivity contribution in [2.45, 2.75) is 44.0 Å². The van der Waals surface area contributed by atoms with E-state index in [-0.39, 0.29) is 23.2 Å². The molecule has 1 atom stereocenters. The first kappa shape index (κ1) is 23.9. The molecule has 1 N–H and O–H groups in total. The number of carbonyl (C=O) groups is 1. The molecule has 0 bridgehead atoms. The molecule has 2 aromatic carbocycles. The van der Waals surface area contributed by atoms with Gasteiger partial charge in [-0.25, -0.2) is 0 Å². The van der Waals surface area contributed by atoms with Gasteiger partial charge >= 0.3 is 0 Å². The molecule has 0 saturated heterocycles. The summed E-state index contributed by atoms with van der Waals surface area (Å²) in [5.41, 5.74) is 2.32. The fourth-order valence-electron chi connectivity index (χ4n) is 3.59. The third-order valence-corrected chi connectivity index (χ3v) is 6.43. The molecule has 2 heterocycles. The first-order valence-corrected chi connectivity index (χ1v) is 12.3. The number of hydrogen-bond acceptors (Lipinski definition) is 6. The maximum atomic E-state index is 12.5. The number of fused-ring (bicyclic) bond motifs is 1. The average molecular weight is 479 g/mol. The molecule has 34 heavy (non-hydrogen) atoms. The molecular weight excluding hydrogens is 448 g/mol. The smallest absolute Gasteiger partial charge is 0.230 e. The number of hydrogen-bond donors (Lipinski definition) is 1. The standard InChI is InChI=1S/C26H30N4O3S/c1-5-14-30-24(18-10-12-19(13-11-18)26(2,3)4)28-29-25(30)34-17-23(31)27-15-20-16-32-21-8-6-7-9-22(21)33-20/h5-13,20H,1,14-17H2,2-4H3,(H,27,31). The Bertz CT molecular complexity index is 1150. The average Bonchev–Trinajstić information content (AvgIpc) is 3.23. The van der Waals surface area contributed by atoms with Crippen LogP contribution in [-0.2, 0) is 16.8 Å². The van der Waals surface area contributed by atoms with E-state index in [9.17, 15) is 4.79 Å². The monoisotopic (exact) mass is 478 g/mol. The van der Waals surface area contributed by atoms with Gasteiger partial charge in [0.2, 0.25) is 5.91 Å². The van der Waals surface area contributed by atoms with Gasteiger partial charge in [0, 0.05) is 12.1 Å². The first-order chi connectivity index (χ1) is 16.3. The zero-order valence-corrected chi connectivity index (χ0v) is 20.6. The summed E-state index contributed by atoms with van der Waals surface area (Å²) < 4.78 is 13.6. The second-order valence-electron chi connectivity index (χ2n) is 9.12. The zero-order chi connectivity index (χ0) is 24.1. The number of rotatable bonds is 8. The highest BCUT2D eigenvalue weighted by molar-refractivity contribution is 7.99. The van der Waals surface area contributed by atoms with Gasteiger partial charge in [-0.15, -0.1) is 16.8 Å². The molecule has 0 aliphatic carbocycles. The third kappa shape index (κ3) is 5.62. The molecule has 0 saturated carbocycles. The van der Waals surface area contributed by atoms with Gasteiger partial charge in [-0.05, 0) is 23.1 Å². The van der Waals surface area contributed by atoms with Crippen molar-refractivity contribution in [2.75, 3.05) is 18.9 Å². The molecule has 7 nitrogen and oxygen atoms in total. The summed E-state index contributed by atoms with van der Waals surface area (Å²) in [5, 5.41) is 12.3. The number of amides is 1. The molecule has 1 aromatic heterocycles. The number of benzene rings is 2. The molecule has 0 fully saturated rings. The van der Waals surface area contributed by atoms with Crippen LogP contribution in [0.15, 0.2) is 66.3 Å². The molecule has 1 aliphatic rings. The van der Waals surface area contributed by atoms with Gasteiger partial charge in [0.25, 0.3) is 0 Å². The predicted molar refractivity (Wildman–Crippen MR) is 134 cm³/mol. The van der Waals surface area contributed by atoms with Gasteiger partial charge in [0.15, 0.2) is 22.5 Å². The first-order valence-electron chi connectivity index (χ1n) is 11.3. The summed E-state index contributed by atoms with van der Waals surface area (Å²) in [5.74, 6) is 2.31. The van der Waals surface area contributed by atoms with Crippen molar-refractivity contribution in [3.05, 3.63) is 66.7 Å². The highest BCUT2D eigenvalue weighted by Gasteiger charge is 2.22. The summed E-state index contributed by atoms with van der Waals surface area (Å²) in [6.07, 6.45) is 1.58. The van der Waals surface area contributed by atoms with Crippen molar-refractivity contribution in [1.82, 2.24) is 20.1 Å². The Morgan fingerprint density at radius 2 is 1.91 bits per heavy atom. The van der Waals surface area contributed by atoms with Gasteiger partial charge in [-0.1, -0.05) is 75.0 Å². The van der Waals surface area contributed by atoms with Crippen molar-refractivity contribution in [3.63, 3.8) is 0 Å². The zero-order valence-electron chi connectivity index (χ0n) is 19.8. The molecule has 1 unspecified atom stereocenters. The molecule has 1 amide bonds. The summed E-state index contributed by atoms with van der Waals surface area (Å²) in [4.78, 5) is 12.5.